The molecule has 0 bridgehead atoms. The van der Waals surface area contributed by atoms with Crippen LogP contribution in [0.2, 0.25) is 0 Å². The predicted octanol–water partition coefficient (Wildman–Crippen LogP) is 6.03. The number of aromatic nitrogens is 2. The van der Waals surface area contributed by atoms with Crippen molar-refractivity contribution in [3.05, 3.63) is 93.8 Å². The number of nitrogens with zero attached hydrogens (tertiary/aromatic N) is 2. The van der Waals surface area contributed by atoms with Gasteiger partial charge in [-0.05, 0) is 66.3 Å². The number of nitrogens with one attached hydrogen (secondary N) is 1. The molecule has 1 amide bonds. The van der Waals surface area contributed by atoms with Crippen LogP contribution >= 0.6 is 11.8 Å². The number of hydrogen-bond acceptors (Lipinski definition) is 4. The van der Waals surface area contributed by atoms with Crippen molar-refractivity contribution in [3.8, 4) is 5.69 Å². The van der Waals surface area contributed by atoms with Crippen molar-refractivity contribution >= 4 is 34.3 Å². The second-order valence-electron chi connectivity index (χ2n) is 9.44. The van der Waals surface area contributed by atoms with E-state index in [9.17, 15) is 9.59 Å². The maximum Gasteiger partial charge on any atom is 0.266 e. The van der Waals surface area contributed by atoms with Crippen LogP contribution in [-0.2, 0) is 10.2 Å². The van der Waals surface area contributed by atoms with Crippen LogP contribution in [0, 0.1) is 13.8 Å². The molecule has 0 atom stereocenters. The molecule has 34 heavy (non-hydrogen) atoms. The lowest BCUT2D eigenvalue weighted by Crippen LogP contribution is -2.23. The van der Waals surface area contributed by atoms with Crippen molar-refractivity contribution in [3.63, 3.8) is 0 Å². The third-order valence-electron chi connectivity index (χ3n) is 5.93. The van der Waals surface area contributed by atoms with Gasteiger partial charge in [0.25, 0.3) is 5.56 Å². The molecule has 0 saturated heterocycles. The Morgan fingerprint density at radius 1 is 0.971 bits per heavy atom. The summed E-state index contributed by atoms with van der Waals surface area (Å²) in [7, 11) is 0. The van der Waals surface area contributed by atoms with E-state index in [1.54, 1.807) is 10.6 Å². The normalized spacial score (nSPS) is 11.6. The van der Waals surface area contributed by atoms with Crippen LogP contribution in [0.15, 0.2) is 76.7 Å². The second kappa shape index (κ2) is 9.47. The Morgan fingerprint density at radius 3 is 2.38 bits per heavy atom. The molecule has 1 heterocycles. The van der Waals surface area contributed by atoms with Gasteiger partial charge in [0.2, 0.25) is 5.91 Å². The first-order chi connectivity index (χ1) is 16.1. The van der Waals surface area contributed by atoms with Crippen molar-refractivity contribution in [2.75, 3.05) is 11.1 Å². The monoisotopic (exact) mass is 471 g/mol. The van der Waals surface area contributed by atoms with Crippen molar-refractivity contribution in [1.29, 1.82) is 0 Å². The number of carbonyl (C=O) groups is 1. The van der Waals surface area contributed by atoms with Gasteiger partial charge in [0, 0.05) is 5.69 Å². The minimum absolute atomic E-state index is 0.0533. The average Bonchev–Trinajstić information content (AvgIpc) is 2.80. The highest BCUT2D eigenvalue weighted by Crippen LogP contribution is 2.26. The Balaban J connectivity index is 1.63. The van der Waals surface area contributed by atoms with Crippen LogP contribution in [0.3, 0.4) is 0 Å². The van der Waals surface area contributed by atoms with Crippen molar-refractivity contribution < 1.29 is 4.79 Å². The second-order valence-corrected chi connectivity index (χ2v) is 10.4. The molecule has 6 heteroatoms. The summed E-state index contributed by atoms with van der Waals surface area (Å²) in [6.45, 7) is 10.5. The van der Waals surface area contributed by atoms with Gasteiger partial charge in [-0.2, -0.15) is 0 Å². The van der Waals surface area contributed by atoms with Gasteiger partial charge in [0.1, 0.15) is 0 Å². The molecule has 0 spiro atoms. The molecular weight excluding hydrogens is 442 g/mol. The van der Waals surface area contributed by atoms with Crippen LogP contribution in [0.1, 0.15) is 37.5 Å². The molecule has 0 aliphatic carbocycles. The molecule has 0 aliphatic rings. The molecule has 4 aromatic rings. The van der Waals surface area contributed by atoms with E-state index in [0.29, 0.717) is 16.1 Å². The summed E-state index contributed by atoms with van der Waals surface area (Å²) in [5.41, 5.74) is 5.36. The quantitative estimate of drug-likeness (QED) is 0.285. The molecule has 0 unspecified atom stereocenters. The van der Waals surface area contributed by atoms with Crippen LogP contribution < -0.4 is 10.9 Å². The number of hydrogen-bond donors (Lipinski definition) is 1. The summed E-state index contributed by atoms with van der Waals surface area (Å²) in [5.74, 6) is -0.0140. The van der Waals surface area contributed by atoms with Gasteiger partial charge in [-0.1, -0.05) is 68.9 Å². The molecule has 5 nitrogen and oxygen atoms in total. The Hall–Kier alpha value is -3.38. The summed E-state index contributed by atoms with van der Waals surface area (Å²) >= 11 is 1.26. The van der Waals surface area contributed by atoms with Crippen LogP contribution in [0.5, 0.6) is 0 Å². The minimum Gasteiger partial charge on any atom is -0.325 e. The molecule has 0 fully saturated rings. The zero-order valence-corrected chi connectivity index (χ0v) is 21.0. The van der Waals surface area contributed by atoms with Crippen LogP contribution in [-0.4, -0.2) is 21.2 Å². The van der Waals surface area contributed by atoms with Gasteiger partial charge in [-0.15, -0.1) is 0 Å². The zero-order valence-electron chi connectivity index (χ0n) is 20.2. The topological polar surface area (TPSA) is 64.0 Å². The predicted molar refractivity (Wildman–Crippen MR) is 141 cm³/mol. The lowest BCUT2D eigenvalue weighted by atomic mass is 9.87. The zero-order chi connectivity index (χ0) is 24.5. The highest BCUT2D eigenvalue weighted by Gasteiger charge is 2.17. The lowest BCUT2D eigenvalue weighted by molar-refractivity contribution is -0.113. The van der Waals surface area contributed by atoms with Gasteiger partial charge in [-0.25, -0.2) is 4.98 Å². The number of amides is 1. The van der Waals surface area contributed by atoms with Crippen molar-refractivity contribution in [2.45, 2.75) is 45.2 Å². The summed E-state index contributed by atoms with van der Waals surface area (Å²) in [6, 6.07) is 21.1. The first-order valence-electron chi connectivity index (χ1n) is 11.3. The number of benzene rings is 3. The van der Waals surface area contributed by atoms with E-state index in [2.05, 4.69) is 26.1 Å². The molecule has 1 N–H and O–H groups in total. The van der Waals surface area contributed by atoms with Crippen molar-refractivity contribution in [2.24, 2.45) is 0 Å². The summed E-state index contributed by atoms with van der Waals surface area (Å²) in [6.07, 6.45) is 0. The fourth-order valence-corrected chi connectivity index (χ4v) is 4.59. The van der Waals surface area contributed by atoms with E-state index < -0.39 is 0 Å². The maximum atomic E-state index is 13.5. The molecule has 0 aliphatic heterocycles. The van der Waals surface area contributed by atoms with E-state index in [0.717, 1.165) is 22.5 Å². The molecule has 4 rings (SSSR count). The van der Waals surface area contributed by atoms with Crippen molar-refractivity contribution in [1.82, 2.24) is 9.55 Å². The number of anilines is 1. The number of para-hydroxylation sites is 1. The van der Waals surface area contributed by atoms with E-state index in [1.165, 1.54) is 17.3 Å². The Labute approximate surface area is 204 Å². The molecule has 174 valence electrons. The average molecular weight is 472 g/mol. The minimum atomic E-state index is -0.150. The van der Waals surface area contributed by atoms with Gasteiger partial charge < -0.3 is 5.32 Å². The fourth-order valence-electron chi connectivity index (χ4n) is 3.78. The molecule has 1 aromatic heterocycles. The Morgan fingerprint density at radius 2 is 1.68 bits per heavy atom. The highest BCUT2D eigenvalue weighted by atomic mass is 32.2. The molecule has 0 radical (unpaired) electrons. The number of aryl methyl sites for hydroxylation is 1. The summed E-state index contributed by atoms with van der Waals surface area (Å²) in [4.78, 5) is 31.0. The first-order valence-corrected chi connectivity index (χ1v) is 12.3. The third kappa shape index (κ3) is 4.92. The van der Waals surface area contributed by atoms with Gasteiger partial charge in [0.05, 0.1) is 22.3 Å². The van der Waals surface area contributed by atoms with Gasteiger partial charge >= 0.3 is 0 Å². The largest absolute Gasteiger partial charge is 0.325 e. The number of fused-ring (bicyclic) bond motifs is 1. The highest BCUT2D eigenvalue weighted by molar-refractivity contribution is 7.99. The van der Waals surface area contributed by atoms with Crippen LogP contribution in [0.25, 0.3) is 16.6 Å². The Bertz CT molecular complexity index is 1420. The molecular formula is C28H29N3O2S. The summed E-state index contributed by atoms with van der Waals surface area (Å²) in [5, 5.41) is 4.00. The van der Waals surface area contributed by atoms with E-state index in [-0.39, 0.29) is 22.6 Å². The smallest absolute Gasteiger partial charge is 0.266 e. The fraction of sp³-hybridized carbons (Fsp3) is 0.250. The lowest BCUT2D eigenvalue weighted by Gasteiger charge is -2.19. The SMILES string of the molecule is Cc1cccc(-n2c(SCC(=O)Nc3ccc(C(C)(C)C)cc3)nc3ccccc3c2=O)c1C. The standard InChI is InChI=1S/C28H29N3O2S/c1-18-9-8-12-24(19(18)2)31-26(33)22-10-6-7-11-23(22)30-27(31)34-17-25(32)29-21-15-13-20(14-16-21)28(3,4)5/h6-16H,17H2,1-5H3,(H,29,32). The maximum absolute atomic E-state index is 13.5. The van der Waals surface area contributed by atoms with E-state index in [4.69, 9.17) is 4.98 Å². The number of rotatable bonds is 5. The Kier molecular flexibility index (Phi) is 6.62. The summed E-state index contributed by atoms with van der Waals surface area (Å²) < 4.78 is 1.63. The van der Waals surface area contributed by atoms with Gasteiger partial charge in [-0.3, -0.25) is 14.2 Å². The van der Waals surface area contributed by atoms with E-state index >= 15 is 0 Å². The number of carbonyl (C=O) groups excluding carboxylic acids is 1. The van der Waals surface area contributed by atoms with E-state index in [1.807, 2.05) is 74.5 Å². The van der Waals surface area contributed by atoms with Gasteiger partial charge in [0.15, 0.2) is 5.16 Å². The molecule has 3 aromatic carbocycles. The third-order valence-corrected chi connectivity index (χ3v) is 6.87. The molecule has 0 saturated carbocycles. The first kappa shape index (κ1) is 23.8. The van der Waals surface area contributed by atoms with Crippen LogP contribution in [0.4, 0.5) is 5.69 Å². The number of thioether (sulfide) groups is 1.